The summed E-state index contributed by atoms with van der Waals surface area (Å²) in [6, 6.07) is 1.73. The summed E-state index contributed by atoms with van der Waals surface area (Å²) >= 11 is 0. The molecule has 0 bridgehead atoms. The van der Waals surface area contributed by atoms with Crippen LogP contribution in [-0.4, -0.2) is 20.7 Å². The van der Waals surface area contributed by atoms with E-state index in [-0.39, 0.29) is 5.56 Å². The molecule has 86 valence electrons. The number of fused-ring (bicyclic) bond motifs is 1. The second-order valence-corrected chi connectivity index (χ2v) is 3.81. The number of nitrogens with two attached hydrogens (primary N) is 1. The van der Waals surface area contributed by atoms with E-state index in [1.54, 1.807) is 33.7 Å². The van der Waals surface area contributed by atoms with E-state index in [2.05, 4.69) is 5.10 Å². The SMILES string of the molecule is NCCCCCn1ccn2nccc2c1=O. The molecule has 2 N–H and O–H groups in total. The second kappa shape index (κ2) is 4.94. The molecule has 0 saturated carbocycles. The molecular weight excluding hydrogens is 204 g/mol. The fourth-order valence-electron chi connectivity index (χ4n) is 1.74. The first-order valence-corrected chi connectivity index (χ1v) is 5.56. The Balaban J connectivity index is 2.12. The first-order chi connectivity index (χ1) is 7.83. The predicted octanol–water partition coefficient (Wildman–Crippen LogP) is 0.625. The van der Waals surface area contributed by atoms with Crippen molar-refractivity contribution in [2.75, 3.05) is 6.54 Å². The Morgan fingerprint density at radius 3 is 2.94 bits per heavy atom. The standard InChI is InChI=1S/C11H16N4O/c12-5-2-1-3-7-14-8-9-15-10(11(14)16)4-6-13-15/h4,6,8-9H,1-3,5,7,12H2. The van der Waals surface area contributed by atoms with Gasteiger partial charge in [0, 0.05) is 18.9 Å². The van der Waals surface area contributed by atoms with Crippen molar-refractivity contribution in [3.05, 3.63) is 35.0 Å². The highest BCUT2D eigenvalue weighted by Gasteiger charge is 2.02. The van der Waals surface area contributed by atoms with Crippen LogP contribution in [0.1, 0.15) is 19.3 Å². The maximum atomic E-state index is 11.9. The first kappa shape index (κ1) is 10.9. The van der Waals surface area contributed by atoms with Crippen LogP contribution in [0.15, 0.2) is 29.5 Å². The summed E-state index contributed by atoms with van der Waals surface area (Å²) in [5.41, 5.74) is 6.07. The third-order valence-electron chi connectivity index (χ3n) is 2.64. The fourth-order valence-corrected chi connectivity index (χ4v) is 1.74. The summed E-state index contributed by atoms with van der Waals surface area (Å²) in [6.45, 7) is 1.47. The third-order valence-corrected chi connectivity index (χ3v) is 2.64. The van der Waals surface area contributed by atoms with Crippen molar-refractivity contribution in [1.29, 1.82) is 0 Å². The fraction of sp³-hybridized carbons (Fsp3) is 0.455. The molecule has 0 unspecified atom stereocenters. The lowest BCUT2D eigenvalue weighted by Gasteiger charge is -2.05. The molecule has 0 aliphatic carbocycles. The maximum Gasteiger partial charge on any atom is 0.276 e. The first-order valence-electron chi connectivity index (χ1n) is 5.56. The van der Waals surface area contributed by atoms with Crippen LogP contribution in [0, 0.1) is 0 Å². The Kier molecular flexibility index (Phi) is 3.36. The average molecular weight is 220 g/mol. The lowest BCUT2D eigenvalue weighted by molar-refractivity contribution is 0.576. The van der Waals surface area contributed by atoms with Crippen LogP contribution in [0.4, 0.5) is 0 Å². The highest BCUT2D eigenvalue weighted by Crippen LogP contribution is 1.98. The molecule has 2 rings (SSSR count). The Hall–Kier alpha value is -1.62. The van der Waals surface area contributed by atoms with Crippen molar-refractivity contribution in [2.24, 2.45) is 5.73 Å². The van der Waals surface area contributed by atoms with E-state index in [9.17, 15) is 4.79 Å². The molecule has 0 fully saturated rings. The van der Waals surface area contributed by atoms with Gasteiger partial charge in [-0.3, -0.25) is 4.79 Å². The molecule has 0 spiro atoms. The van der Waals surface area contributed by atoms with E-state index in [1.165, 1.54) is 0 Å². The van der Waals surface area contributed by atoms with Gasteiger partial charge in [0.25, 0.3) is 5.56 Å². The van der Waals surface area contributed by atoms with E-state index < -0.39 is 0 Å². The van der Waals surface area contributed by atoms with Crippen molar-refractivity contribution in [3.63, 3.8) is 0 Å². The van der Waals surface area contributed by atoms with Crippen LogP contribution in [0.5, 0.6) is 0 Å². The zero-order valence-electron chi connectivity index (χ0n) is 9.17. The van der Waals surface area contributed by atoms with Crippen LogP contribution < -0.4 is 11.3 Å². The molecule has 2 heterocycles. The molecule has 2 aromatic heterocycles. The average Bonchev–Trinajstić information content (AvgIpc) is 2.76. The van der Waals surface area contributed by atoms with Gasteiger partial charge in [0.2, 0.25) is 0 Å². The van der Waals surface area contributed by atoms with Gasteiger partial charge in [-0.15, -0.1) is 0 Å². The number of aromatic nitrogens is 3. The molecule has 5 heteroatoms. The molecule has 0 aliphatic heterocycles. The van der Waals surface area contributed by atoms with E-state index in [0.29, 0.717) is 5.52 Å². The minimum absolute atomic E-state index is 0.0211. The molecule has 0 aliphatic rings. The highest BCUT2D eigenvalue weighted by atomic mass is 16.1. The smallest absolute Gasteiger partial charge is 0.276 e. The Morgan fingerprint density at radius 1 is 1.25 bits per heavy atom. The van der Waals surface area contributed by atoms with Crippen molar-refractivity contribution >= 4 is 5.52 Å². The second-order valence-electron chi connectivity index (χ2n) is 3.81. The Bertz CT molecular complexity index is 514. The van der Waals surface area contributed by atoms with Crippen LogP contribution in [0.2, 0.25) is 0 Å². The van der Waals surface area contributed by atoms with E-state index >= 15 is 0 Å². The number of aryl methyl sites for hydroxylation is 1. The Labute approximate surface area is 93.5 Å². The molecule has 2 aromatic rings. The molecule has 0 aromatic carbocycles. The third kappa shape index (κ3) is 2.14. The molecule has 0 saturated heterocycles. The zero-order valence-corrected chi connectivity index (χ0v) is 9.17. The van der Waals surface area contributed by atoms with Crippen molar-refractivity contribution < 1.29 is 0 Å². The summed E-state index contributed by atoms with van der Waals surface area (Å²) in [5.74, 6) is 0. The minimum atomic E-state index is 0.0211. The van der Waals surface area contributed by atoms with Crippen LogP contribution >= 0.6 is 0 Å². The van der Waals surface area contributed by atoms with Gasteiger partial charge in [0.1, 0.15) is 5.52 Å². The summed E-state index contributed by atoms with van der Waals surface area (Å²) in [4.78, 5) is 11.9. The number of unbranched alkanes of at least 4 members (excludes halogenated alkanes) is 2. The van der Waals surface area contributed by atoms with Crippen LogP contribution in [0.3, 0.4) is 0 Å². The van der Waals surface area contributed by atoms with Gasteiger partial charge in [-0.05, 0) is 25.5 Å². The quantitative estimate of drug-likeness (QED) is 0.751. The van der Waals surface area contributed by atoms with Crippen molar-refractivity contribution in [2.45, 2.75) is 25.8 Å². The van der Waals surface area contributed by atoms with Gasteiger partial charge in [0.05, 0.1) is 6.20 Å². The van der Waals surface area contributed by atoms with Crippen molar-refractivity contribution in [1.82, 2.24) is 14.2 Å². The minimum Gasteiger partial charge on any atom is -0.330 e. The molecule has 0 amide bonds. The number of hydrogen-bond acceptors (Lipinski definition) is 3. The van der Waals surface area contributed by atoms with Crippen molar-refractivity contribution in [3.8, 4) is 0 Å². The Morgan fingerprint density at radius 2 is 2.12 bits per heavy atom. The molecule has 5 nitrogen and oxygen atoms in total. The van der Waals surface area contributed by atoms with E-state index in [4.69, 9.17) is 5.73 Å². The lowest BCUT2D eigenvalue weighted by atomic mass is 10.2. The number of hydrogen-bond donors (Lipinski definition) is 1. The topological polar surface area (TPSA) is 65.3 Å². The molecular formula is C11H16N4O. The van der Waals surface area contributed by atoms with Gasteiger partial charge in [-0.1, -0.05) is 6.42 Å². The van der Waals surface area contributed by atoms with Crippen LogP contribution in [-0.2, 0) is 6.54 Å². The zero-order chi connectivity index (χ0) is 11.4. The summed E-state index contributed by atoms with van der Waals surface area (Å²) in [6.07, 6.45) is 8.29. The van der Waals surface area contributed by atoms with Gasteiger partial charge in [0.15, 0.2) is 0 Å². The normalized spacial score (nSPS) is 11.1. The molecule has 16 heavy (non-hydrogen) atoms. The highest BCUT2D eigenvalue weighted by molar-refractivity contribution is 5.42. The van der Waals surface area contributed by atoms with E-state index in [0.717, 1.165) is 32.4 Å². The summed E-state index contributed by atoms with van der Waals surface area (Å²) in [5, 5.41) is 4.02. The number of rotatable bonds is 5. The van der Waals surface area contributed by atoms with Crippen LogP contribution in [0.25, 0.3) is 5.52 Å². The monoisotopic (exact) mass is 220 g/mol. The molecule has 0 radical (unpaired) electrons. The summed E-state index contributed by atoms with van der Waals surface area (Å²) < 4.78 is 3.33. The lowest BCUT2D eigenvalue weighted by Crippen LogP contribution is -2.21. The van der Waals surface area contributed by atoms with Gasteiger partial charge in [-0.2, -0.15) is 5.10 Å². The molecule has 0 atom stereocenters. The van der Waals surface area contributed by atoms with E-state index in [1.807, 2.05) is 0 Å². The summed E-state index contributed by atoms with van der Waals surface area (Å²) in [7, 11) is 0. The number of nitrogens with zero attached hydrogens (tertiary/aromatic N) is 3. The predicted molar refractivity (Wildman–Crippen MR) is 62.4 cm³/mol. The van der Waals surface area contributed by atoms with Gasteiger partial charge < -0.3 is 10.3 Å². The largest absolute Gasteiger partial charge is 0.330 e. The van der Waals surface area contributed by atoms with Gasteiger partial charge >= 0.3 is 0 Å². The van der Waals surface area contributed by atoms with Gasteiger partial charge in [-0.25, -0.2) is 4.52 Å². The maximum absolute atomic E-state index is 11.9.